The zero-order valence-electron chi connectivity index (χ0n) is 17.6. The summed E-state index contributed by atoms with van der Waals surface area (Å²) in [6, 6.07) is 0. The molecule has 26 heavy (non-hydrogen) atoms. The van der Waals surface area contributed by atoms with Crippen LogP contribution in [0.1, 0.15) is 66.2 Å². The zero-order chi connectivity index (χ0) is 19.2. The Morgan fingerprint density at radius 2 is 1.96 bits per heavy atom. The Labute approximate surface area is 160 Å². The number of hydrogen-bond donors (Lipinski definition) is 0. The Bertz CT molecular complexity index is 521. The number of rotatable bonds is 5. The molecule has 5 atom stereocenters. The molecule has 2 saturated carbocycles. The number of ether oxygens (including phenoxy) is 2. The van der Waals surface area contributed by atoms with E-state index in [0.29, 0.717) is 30.6 Å². The highest BCUT2D eigenvalue weighted by Crippen LogP contribution is 2.56. The lowest BCUT2D eigenvalue weighted by molar-refractivity contribution is -0.211. The van der Waals surface area contributed by atoms with Crippen LogP contribution in [0.5, 0.6) is 0 Å². The fourth-order valence-corrected chi connectivity index (χ4v) is 5.80. The Morgan fingerprint density at radius 3 is 2.58 bits per heavy atom. The van der Waals surface area contributed by atoms with Crippen LogP contribution in [0.4, 0.5) is 0 Å². The number of Topliss-reactive ketones (excluding diaryl/α,β-unsaturated/α-hetero) is 1. The van der Waals surface area contributed by atoms with Crippen molar-refractivity contribution < 1.29 is 18.7 Å². The maximum Gasteiger partial charge on any atom is 0.192 e. The van der Waals surface area contributed by atoms with Crippen LogP contribution in [0.3, 0.4) is 0 Å². The minimum Gasteiger partial charge on any atom is -0.416 e. The fraction of sp³-hybridized carbons (Fsp3) is 0.952. The molecule has 3 fully saturated rings. The minimum atomic E-state index is -1.83. The first kappa shape index (κ1) is 20.5. The van der Waals surface area contributed by atoms with E-state index in [0.717, 1.165) is 32.3 Å². The number of hydrogen-bond acceptors (Lipinski definition) is 4. The van der Waals surface area contributed by atoms with Crippen LogP contribution >= 0.6 is 0 Å². The molecule has 1 heterocycles. The van der Waals surface area contributed by atoms with Gasteiger partial charge in [-0.2, -0.15) is 0 Å². The van der Waals surface area contributed by atoms with Gasteiger partial charge in [0.05, 0.1) is 6.10 Å². The standard InChI is InChI=1S/C21H38O4Si/c1-20(2,3)26(5,6)24-14-21(4)17-13-16(22)11-15(17)12-18(21)25-19-9-7-8-10-23-19/h15,17-19H,7-14H2,1-6H3. The van der Waals surface area contributed by atoms with Crippen LogP contribution in [0, 0.1) is 17.3 Å². The predicted molar refractivity (Wildman–Crippen MR) is 106 cm³/mol. The van der Waals surface area contributed by atoms with Gasteiger partial charge >= 0.3 is 0 Å². The van der Waals surface area contributed by atoms with Crippen molar-refractivity contribution in [2.45, 2.75) is 96.7 Å². The Kier molecular flexibility index (Phi) is 5.76. The van der Waals surface area contributed by atoms with Crippen molar-refractivity contribution in [1.82, 2.24) is 0 Å². The van der Waals surface area contributed by atoms with Crippen molar-refractivity contribution in [3.05, 3.63) is 0 Å². The van der Waals surface area contributed by atoms with E-state index in [-0.39, 0.29) is 22.8 Å². The summed E-state index contributed by atoms with van der Waals surface area (Å²) >= 11 is 0. The first-order chi connectivity index (χ1) is 12.0. The smallest absolute Gasteiger partial charge is 0.192 e. The molecule has 150 valence electrons. The second kappa shape index (κ2) is 7.30. The van der Waals surface area contributed by atoms with Gasteiger partial charge in [-0.3, -0.25) is 4.79 Å². The van der Waals surface area contributed by atoms with Gasteiger partial charge in [-0.25, -0.2) is 0 Å². The molecule has 5 heteroatoms. The Balaban J connectivity index is 1.74. The van der Waals surface area contributed by atoms with E-state index in [4.69, 9.17) is 13.9 Å². The average Bonchev–Trinajstić information content (AvgIpc) is 3.03. The molecule has 0 aromatic rings. The largest absolute Gasteiger partial charge is 0.416 e. The molecule has 0 spiro atoms. The van der Waals surface area contributed by atoms with Crippen molar-refractivity contribution in [1.29, 1.82) is 0 Å². The van der Waals surface area contributed by atoms with Crippen molar-refractivity contribution in [3.8, 4) is 0 Å². The van der Waals surface area contributed by atoms with Gasteiger partial charge in [0.15, 0.2) is 14.6 Å². The van der Waals surface area contributed by atoms with Crippen LogP contribution in [0.15, 0.2) is 0 Å². The summed E-state index contributed by atoms with van der Waals surface area (Å²) in [6.07, 6.45) is 5.78. The number of fused-ring (bicyclic) bond motifs is 1. The van der Waals surface area contributed by atoms with E-state index >= 15 is 0 Å². The second-order valence-electron chi connectivity index (χ2n) is 10.5. The van der Waals surface area contributed by atoms with Crippen molar-refractivity contribution in [3.63, 3.8) is 0 Å². The first-order valence-electron chi connectivity index (χ1n) is 10.5. The van der Waals surface area contributed by atoms with E-state index in [1.165, 1.54) is 6.42 Å². The quantitative estimate of drug-likeness (QED) is 0.633. The molecule has 0 aromatic heterocycles. The fourth-order valence-electron chi connectivity index (χ4n) is 4.70. The Hall–Kier alpha value is -0.233. The average molecular weight is 383 g/mol. The maximum atomic E-state index is 12.1. The van der Waals surface area contributed by atoms with Crippen LogP contribution in [-0.2, 0) is 18.7 Å². The molecule has 1 saturated heterocycles. The second-order valence-corrected chi connectivity index (χ2v) is 15.3. The van der Waals surface area contributed by atoms with Gasteiger partial charge in [0.25, 0.3) is 0 Å². The lowest BCUT2D eigenvalue weighted by Crippen LogP contribution is -2.48. The van der Waals surface area contributed by atoms with Crippen LogP contribution < -0.4 is 0 Å². The summed E-state index contributed by atoms with van der Waals surface area (Å²) in [4.78, 5) is 12.1. The zero-order valence-corrected chi connectivity index (χ0v) is 18.6. The third-order valence-electron chi connectivity index (χ3n) is 7.61. The van der Waals surface area contributed by atoms with E-state index in [9.17, 15) is 4.79 Å². The van der Waals surface area contributed by atoms with Gasteiger partial charge in [0.1, 0.15) is 5.78 Å². The molecule has 0 amide bonds. The molecule has 5 unspecified atom stereocenters. The summed E-state index contributed by atoms with van der Waals surface area (Å²) in [5.41, 5.74) is -0.0901. The summed E-state index contributed by atoms with van der Waals surface area (Å²) in [5, 5.41) is 0.190. The molecule has 0 aromatic carbocycles. The van der Waals surface area contributed by atoms with Gasteiger partial charge in [0, 0.05) is 31.5 Å². The van der Waals surface area contributed by atoms with Gasteiger partial charge in [-0.15, -0.1) is 0 Å². The summed E-state index contributed by atoms with van der Waals surface area (Å²) in [5.74, 6) is 1.28. The number of carbonyl (C=O) groups excluding carboxylic acids is 1. The number of carbonyl (C=O) groups is 1. The normalized spacial score (nSPS) is 38.6. The van der Waals surface area contributed by atoms with Crippen molar-refractivity contribution in [2.75, 3.05) is 13.2 Å². The predicted octanol–water partition coefficient (Wildman–Crippen LogP) is 4.93. The Morgan fingerprint density at radius 1 is 1.23 bits per heavy atom. The molecule has 0 radical (unpaired) electrons. The monoisotopic (exact) mass is 382 g/mol. The minimum absolute atomic E-state index is 0.0736. The number of ketones is 1. The molecule has 2 aliphatic carbocycles. The lowest BCUT2D eigenvalue weighted by atomic mass is 9.77. The topological polar surface area (TPSA) is 44.8 Å². The SMILES string of the molecule is CC1(CO[Si](C)(C)C(C)(C)C)C(OC2CCCCO2)CC2CC(=O)CC21. The van der Waals surface area contributed by atoms with Crippen molar-refractivity contribution in [2.24, 2.45) is 17.3 Å². The summed E-state index contributed by atoms with van der Waals surface area (Å²) < 4.78 is 19.0. The highest BCUT2D eigenvalue weighted by atomic mass is 28.4. The van der Waals surface area contributed by atoms with Gasteiger partial charge in [0.2, 0.25) is 0 Å². The van der Waals surface area contributed by atoms with Gasteiger partial charge in [-0.05, 0) is 55.7 Å². The van der Waals surface area contributed by atoms with Crippen molar-refractivity contribution >= 4 is 14.1 Å². The molecule has 0 bridgehead atoms. The molecule has 3 aliphatic rings. The summed E-state index contributed by atoms with van der Waals surface area (Å²) in [6.45, 7) is 15.3. The molecular formula is C21H38O4Si. The molecule has 4 nitrogen and oxygen atoms in total. The third kappa shape index (κ3) is 3.96. The van der Waals surface area contributed by atoms with E-state index in [1.54, 1.807) is 0 Å². The summed E-state index contributed by atoms with van der Waals surface area (Å²) in [7, 11) is -1.83. The van der Waals surface area contributed by atoms with Crippen LogP contribution in [-0.4, -0.2) is 39.7 Å². The van der Waals surface area contributed by atoms with Crippen LogP contribution in [0.25, 0.3) is 0 Å². The molecule has 3 rings (SSSR count). The lowest BCUT2D eigenvalue weighted by Gasteiger charge is -2.43. The highest BCUT2D eigenvalue weighted by Gasteiger charge is 2.57. The highest BCUT2D eigenvalue weighted by molar-refractivity contribution is 6.74. The maximum absolute atomic E-state index is 12.1. The molecule has 0 N–H and O–H groups in total. The van der Waals surface area contributed by atoms with Gasteiger partial charge < -0.3 is 13.9 Å². The van der Waals surface area contributed by atoms with E-state index in [2.05, 4.69) is 40.8 Å². The van der Waals surface area contributed by atoms with E-state index in [1.807, 2.05) is 0 Å². The molecular weight excluding hydrogens is 344 g/mol. The van der Waals surface area contributed by atoms with Gasteiger partial charge in [-0.1, -0.05) is 27.7 Å². The molecule has 1 aliphatic heterocycles. The van der Waals surface area contributed by atoms with Crippen LogP contribution in [0.2, 0.25) is 18.1 Å². The third-order valence-corrected chi connectivity index (χ3v) is 12.1. The first-order valence-corrected chi connectivity index (χ1v) is 13.4. The van der Waals surface area contributed by atoms with E-state index < -0.39 is 8.32 Å².